The van der Waals surface area contributed by atoms with Crippen LogP contribution in [0.3, 0.4) is 0 Å². The van der Waals surface area contributed by atoms with Crippen LogP contribution in [-0.4, -0.2) is 37.2 Å². The fourth-order valence-electron chi connectivity index (χ4n) is 7.38. The number of rotatable bonds is 45. The molecule has 0 aromatic carbocycles. The average Bonchev–Trinajstić information content (AvgIpc) is 3.18. The van der Waals surface area contributed by atoms with E-state index in [1.165, 1.54) is 180 Å². The van der Waals surface area contributed by atoms with Crippen LogP contribution in [0, 0.1) is 0 Å². The number of carbonyl (C=O) groups is 3. The lowest BCUT2D eigenvalue weighted by molar-refractivity contribution is -0.167. The van der Waals surface area contributed by atoms with Gasteiger partial charge in [0.1, 0.15) is 13.2 Å². The lowest BCUT2D eigenvalue weighted by Gasteiger charge is -2.18. The highest BCUT2D eigenvalue weighted by molar-refractivity contribution is 5.71. The van der Waals surface area contributed by atoms with E-state index in [2.05, 4.69) is 20.8 Å². The van der Waals surface area contributed by atoms with Crippen molar-refractivity contribution in [2.24, 2.45) is 0 Å². The van der Waals surface area contributed by atoms with Crippen LogP contribution in [0.4, 0.5) is 0 Å². The Hall–Kier alpha value is -1.59. The molecule has 0 spiro atoms. The summed E-state index contributed by atoms with van der Waals surface area (Å²) in [7, 11) is 0. The summed E-state index contributed by atoms with van der Waals surface area (Å²) in [6.07, 6.45) is 46.5. The minimum atomic E-state index is -0.758. The van der Waals surface area contributed by atoms with Gasteiger partial charge in [-0.3, -0.25) is 14.4 Å². The molecule has 0 fully saturated rings. The maximum absolute atomic E-state index is 12.7. The lowest BCUT2D eigenvalue weighted by atomic mass is 10.0. The van der Waals surface area contributed by atoms with Gasteiger partial charge in [-0.05, 0) is 19.3 Å². The SMILES string of the molecule is CCCCCCCCCCCCCCCC(=O)OC(COC(=O)CCCCCCCCCCCCCC)COC(=O)CCCCCCCCCCCCCC. The fraction of sp³-hybridized carbons (Fsp3) is 0.939. The molecule has 0 atom stereocenters. The lowest BCUT2D eigenvalue weighted by Crippen LogP contribution is -2.30. The molecule has 326 valence electrons. The largest absolute Gasteiger partial charge is 0.462 e. The van der Waals surface area contributed by atoms with Gasteiger partial charge in [-0.2, -0.15) is 0 Å². The molecule has 0 saturated carbocycles. The van der Waals surface area contributed by atoms with E-state index in [1.54, 1.807) is 0 Å². The van der Waals surface area contributed by atoms with Crippen molar-refractivity contribution in [2.75, 3.05) is 13.2 Å². The summed E-state index contributed by atoms with van der Waals surface area (Å²) in [5.41, 5.74) is 0. The normalized spacial score (nSPS) is 11.3. The molecule has 6 heteroatoms. The van der Waals surface area contributed by atoms with E-state index in [4.69, 9.17) is 14.2 Å². The molecule has 0 aromatic heterocycles. The van der Waals surface area contributed by atoms with Crippen LogP contribution in [0.2, 0.25) is 0 Å². The highest BCUT2D eigenvalue weighted by Gasteiger charge is 2.19. The molecule has 0 radical (unpaired) electrons. The maximum Gasteiger partial charge on any atom is 0.306 e. The van der Waals surface area contributed by atoms with Gasteiger partial charge in [0.15, 0.2) is 6.10 Å². The second kappa shape index (κ2) is 45.1. The van der Waals surface area contributed by atoms with Crippen molar-refractivity contribution in [2.45, 2.75) is 284 Å². The van der Waals surface area contributed by atoms with Gasteiger partial charge in [-0.15, -0.1) is 0 Å². The topological polar surface area (TPSA) is 78.9 Å². The van der Waals surface area contributed by atoms with Crippen LogP contribution >= 0.6 is 0 Å². The number of hydrogen-bond acceptors (Lipinski definition) is 6. The summed E-state index contributed by atoms with van der Waals surface area (Å²) >= 11 is 0. The van der Waals surface area contributed by atoms with E-state index < -0.39 is 6.10 Å². The number of esters is 3. The Labute approximate surface area is 342 Å². The molecular weight excluding hydrogens is 685 g/mol. The molecule has 6 nitrogen and oxygen atoms in total. The molecule has 0 aliphatic carbocycles. The summed E-state index contributed by atoms with van der Waals surface area (Å²) < 4.78 is 16.8. The van der Waals surface area contributed by atoms with Crippen LogP contribution in [-0.2, 0) is 28.6 Å². The van der Waals surface area contributed by atoms with Crippen molar-refractivity contribution in [3.8, 4) is 0 Å². The summed E-state index contributed by atoms with van der Waals surface area (Å²) in [5, 5.41) is 0. The number of ether oxygens (including phenoxy) is 3. The van der Waals surface area contributed by atoms with E-state index in [1.807, 2.05) is 0 Å². The van der Waals surface area contributed by atoms with Crippen LogP contribution < -0.4 is 0 Å². The predicted octanol–water partition coefficient (Wildman–Crippen LogP) is 15.6. The Bertz CT molecular complexity index is 769. The number of unbranched alkanes of at least 4 members (excludes halogenated alkanes) is 34. The van der Waals surface area contributed by atoms with E-state index in [-0.39, 0.29) is 31.1 Å². The molecule has 0 aliphatic rings. The molecule has 0 saturated heterocycles. The van der Waals surface area contributed by atoms with Gasteiger partial charge in [-0.25, -0.2) is 0 Å². The van der Waals surface area contributed by atoms with Gasteiger partial charge in [0.25, 0.3) is 0 Å². The molecule has 0 N–H and O–H groups in total. The molecule has 55 heavy (non-hydrogen) atoms. The number of hydrogen-bond donors (Lipinski definition) is 0. The van der Waals surface area contributed by atoms with Gasteiger partial charge in [-0.1, -0.05) is 239 Å². The van der Waals surface area contributed by atoms with E-state index >= 15 is 0 Å². The standard InChI is InChI=1S/C49H94O6/c1-4-7-10-13-16-19-22-25-28-31-34-37-40-43-49(52)55-46(44-53-47(50)41-38-35-32-29-26-23-20-17-14-11-8-5-2)45-54-48(51)42-39-36-33-30-27-24-21-18-15-12-9-6-3/h46H,4-45H2,1-3H3. The van der Waals surface area contributed by atoms with Crippen molar-refractivity contribution in [3.63, 3.8) is 0 Å². The monoisotopic (exact) mass is 779 g/mol. The van der Waals surface area contributed by atoms with Crippen molar-refractivity contribution in [1.29, 1.82) is 0 Å². The molecule has 0 aromatic rings. The summed E-state index contributed by atoms with van der Waals surface area (Å²) in [6.45, 7) is 6.66. The van der Waals surface area contributed by atoms with Gasteiger partial charge in [0.05, 0.1) is 0 Å². The Balaban J connectivity index is 4.32. The maximum atomic E-state index is 12.7. The molecular formula is C49H94O6. The zero-order chi connectivity index (χ0) is 40.1. The molecule has 0 amide bonds. The van der Waals surface area contributed by atoms with Crippen LogP contribution in [0.25, 0.3) is 0 Å². The smallest absolute Gasteiger partial charge is 0.306 e. The summed E-state index contributed by atoms with van der Waals surface area (Å²) in [6, 6.07) is 0. The van der Waals surface area contributed by atoms with Crippen molar-refractivity contribution in [1.82, 2.24) is 0 Å². The first kappa shape index (κ1) is 53.4. The first-order valence-electron chi connectivity index (χ1n) is 24.5. The Morgan fingerprint density at radius 3 is 0.727 bits per heavy atom. The molecule has 0 heterocycles. The zero-order valence-electron chi connectivity index (χ0n) is 37.2. The highest BCUT2D eigenvalue weighted by atomic mass is 16.6. The third kappa shape index (κ3) is 43.4. The highest BCUT2D eigenvalue weighted by Crippen LogP contribution is 2.16. The first-order chi connectivity index (χ1) is 27.0. The minimum Gasteiger partial charge on any atom is -0.462 e. The molecule has 0 rings (SSSR count). The van der Waals surface area contributed by atoms with Gasteiger partial charge >= 0.3 is 17.9 Å². The second-order valence-corrected chi connectivity index (χ2v) is 16.7. The van der Waals surface area contributed by atoms with Gasteiger partial charge in [0.2, 0.25) is 0 Å². The van der Waals surface area contributed by atoms with Crippen LogP contribution in [0.5, 0.6) is 0 Å². The molecule has 0 bridgehead atoms. The van der Waals surface area contributed by atoms with Crippen LogP contribution in [0.15, 0.2) is 0 Å². The first-order valence-corrected chi connectivity index (χ1v) is 24.5. The summed E-state index contributed by atoms with van der Waals surface area (Å²) in [5.74, 6) is -0.845. The second-order valence-electron chi connectivity index (χ2n) is 16.7. The third-order valence-corrected chi connectivity index (χ3v) is 11.1. The van der Waals surface area contributed by atoms with Gasteiger partial charge in [0, 0.05) is 19.3 Å². The predicted molar refractivity (Wildman–Crippen MR) is 233 cm³/mol. The van der Waals surface area contributed by atoms with Gasteiger partial charge < -0.3 is 14.2 Å². The van der Waals surface area contributed by atoms with Crippen molar-refractivity contribution in [3.05, 3.63) is 0 Å². The van der Waals surface area contributed by atoms with Crippen LogP contribution in [0.1, 0.15) is 278 Å². The molecule has 0 unspecified atom stereocenters. The molecule has 0 aliphatic heterocycles. The quantitative estimate of drug-likeness (QED) is 0.0348. The Morgan fingerprint density at radius 1 is 0.291 bits per heavy atom. The van der Waals surface area contributed by atoms with E-state index in [0.717, 1.165) is 57.8 Å². The summed E-state index contributed by atoms with van der Waals surface area (Å²) in [4.78, 5) is 37.8. The Kier molecular flexibility index (Phi) is 43.8. The Morgan fingerprint density at radius 2 is 0.491 bits per heavy atom. The van der Waals surface area contributed by atoms with E-state index in [0.29, 0.717) is 19.3 Å². The fourth-order valence-corrected chi connectivity index (χ4v) is 7.38. The zero-order valence-corrected chi connectivity index (χ0v) is 37.2. The third-order valence-electron chi connectivity index (χ3n) is 11.1. The number of carbonyl (C=O) groups excluding carboxylic acids is 3. The van der Waals surface area contributed by atoms with Crippen molar-refractivity contribution < 1.29 is 28.6 Å². The minimum absolute atomic E-state index is 0.0622. The van der Waals surface area contributed by atoms with Crippen molar-refractivity contribution >= 4 is 17.9 Å². The average molecular weight is 779 g/mol. The van der Waals surface area contributed by atoms with E-state index in [9.17, 15) is 14.4 Å².